The van der Waals surface area contributed by atoms with Crippen molar-refractivity contribution in [1.82, 2.24) is 4.57 Å². The lowest BCUT2D eigenvalue weighted by Gasteiger charge is -2.09. The maximum absolute atomic E-state index is 11.6. The third kappa shape index (κ3) is 2.85. The fourth-order valence-corrected chi connectivity index (χ4v) is 1.82. The van der Waals surface area contributed by atoms with Crippen LogP contribution in [0.2, 0.25) is 0 Å². The number of carbonyl (C=O) groups is 1. The average Bonchev–Trinajstić information content (AvgIpc) is 2.34. The van der Waals surface area contributed by atoms with Gasteiger partial charge in [0.1, 0.15) is 0 Å². The number of aromatic nitrogens is 1. The molecule has 1 aromatic heterocycles. The summed E-state index contributed by atoms with van der Waals surface area (Å²) in [5.41, 5.74) is 1.50. The minimum absolute atomic E-state index is 0.0300. The molecule has 0 aliphatic rings. The van der Waals surface area contributed by atoms with E-state index in [1.54, 1.807) is 35.0 Å². The number of hydrogen-bond acceptors (Lipinski definition) is 2. The molecule has 1 aromatic carbocycles. The van der Waals surface area contributed by atoms with Crippen LogP contribution in [0.15, 0.2) is 53.5 Å². The topological polar surface area (TPSA) is 59.3 Å². The number of hydrogen-bond donors (Lipinski definition) is 1. The molecular weight excluding hydrogens is 230 g/mol. The lowest BCUT2D eigenvalue weighted by molar-refractivity contribution is -0.136. The Morgan fingerprint density at radius 1 is 1.06 bits per heavy atom. The molecule has 0 radical (unpaired) electrons. The fourth-order valence-electron chi connectivity index (χ4n) is 1.82. The number of carboxylic acid groups (broad SMARTS) is 1. The standard InChI is InChI=1S/C14H13NO3/c16-13-7-3-4-8-15(13)10-12-6-2-1-5-11(12)9-14(17)18/h1-8H,9-10H2,(H,17,18). The highest BCUT2D eigenvalue weighted by Crippen LogP contribution is 2.10. The van der Waals surface area contributed by atoms with Gasteiger partial charge in [0.2, 0.25) is 0 Å². The van der Waals surface area contributed by atoms with E-state index in [0.29, 0.717) is 6.54 Å². The van der Waals surface area contributed by atoms with E-state index in [-0.39, 0.29) is 12.0 Å². The van der Waals surface area contributed by atoms with Crippen molar-refractivity contribution in [2.75, 3.05) is 0 Å². The predicted octanol–water partition coefficient (Wildman–Crippen LogP) is 1.52. The summed E-state index contributed by atoms with van der Waals surface area (Å²) in [5.74, 6) is -0.872. The Morgan fingerprint density at radius 2 is 1.72 bits per heavy atom. The lowest BCUT2D eigenvalue weighted by Crippen LogP contribution is -2.19. The van der Waals surface area contributed by atoms with Gasteiger partial charge in [0.15, 0.2) is 0 Å². The van der Waals surface area contributed by atoms with Crippen LogP contribution in [0.25, 0.3) is 0 Å². The first kappa shape index (κ1) is 12.1. The zero-order valence-electron chi connectivity index (χ0n) is 9.74. The van der Waals surface area contributed by atoms with Crippen molar-refractivity contribution < 1.29 is 9.90 Å². The number of pyridine rings is 1. The van der Waals surface area contributed by atoms with E-state index in [0.717, 1.165) is 11.1 Å². The van der Waals surface area contributed by atoms with Crippen molar-refractivity contribution in [2.24, 2.45) is 0 Å². The summed E-state index contributed by atoms with van der Waals surface area (Å²) >= 11 is 0. The molecule has 1 N–H and O–H groups in total. The van der Waals surface area contributed by atoms with Gasteiger partial charge in [-0.2, -0.15) is 0 Å². The van der Waals surface area contributed by atoms with Crippen molar-refractivity contribution >= 4 is 5.97 Å². The summed E-state index contributed by atoms with van der Waals surface area (Å²) in [4.78, 5) is 22.4. The van der Waals surface area contributed by atoms with Gasteiger partial charge < -0.3 is 9.67 Å². The van der Waals surface area contributed by atoms with Crippen LogP contribution >= 0.6 is 0 Å². The summed E-state index contributed by atoms with van der Waals surface area (Å²) in [6, 6.07) is 12.2. The quantitative estimate of drug-likeness (QED) is 0.885. The second-order valence-corrected chi connectivity index (χ2v) is 4.01. The van der Waals surface area contributed by atoms with Gasteiger partial charge in [-0.25, -0.2) is 0 Å². The summed E-state index contributed by atoms with van der Waals surface area (Å²) in [7, 11) is 0. The monoisotopic (exact) mass is 243 g/mol. The normalized spacial score (nSPS) is 10.2. The number of aliphatic carboxylic acids is 1. The smallest absolute Gasteiger partial charge is 0.307 e. The fraction of sp³-hybridized carbons (Fsp3) is 0.143. The van der Waals surface area contributed by atoms with Gasteiger partial charge in [0, 0.05) is 12.3 Å². The van der Waals surface area contributed by atoms with Crippen LogP contribution in [0.3, 0.4) is 0 Å². The molecule has 92 valence electrons. The first-order valence-corrected chi connectivity index (χ1v) is 5.61. The van der Waals surface area contributed by atoms with Crippen molar-refractivity contribution in [3.05, 3.63) is 70.1 Å². The van der Waals surface area contributed by atoms with Crippen molar-refractivity contribution in [1.29, 1.82) is 0 Å². The van der Waals surface area contributed by atoms with Crippen LogP contribution in [0, 0.1) is 0 Å². The van der Waals surface area contributed by atoms with Crippen molar-refractivity contribution in [3.63, 3.8) is 0 Å². The van der Waals surface area contributed by atoms with Crippen LogP contribution in [0.5, 0.6) is 0 Å². The summed E-state index contributed by atoms with van der Waals surface area (Å²) in [5, 5.41) is 8.84. The zero-order valence-corrected chi connectivity index (χ0v) is 9.74. The Hall–Kier alpha value is -2.36. The van der Waals surface area contributed by atoms with Crippen LogP contribution < -0.4 is 5.56 Å². The highest BCUT2D eigenvalue weighted by Gasteiger charge is 2.06. The van der Waals surface area contributed by atoms with Gasteiger partial charge in [-0.1, -0.05) is 30.3 Å². The molecule has 1 heterocycles. The summed E-state index contributed by atoms with van der Waals surface area (Å²) in [6.07, 6.45) is 1.66. The Bertz CT molecular complexity index is 616. The first-order chi connectivity index (χ1) is 8.66. The summed E-state index contributed by atoms with van der Waals surface area (Å²) < 4.78 is 1.56. The molecule has 2 aromatic rings. The lowest BCUT2D eigenvalue weighted by atomic mass is 10.0. The maximum Gasteiger partial charge on any atom is 0.307 e. The molecule has 4 nitrogen and oxygen atoms in total. The molecule has 0 saturated carbocycles. The molecule has 0 fully saturated rings. The summed E-state index contributed by atoms with van der Waals surface area (Å²) in [6.45, 7) is 0.392. The maximum atomic E-state index is 11.6. The van der Waals surface area contributed by atoms with Crippen LogP contribution in [-0.2, 0) is 17.8 Å². The van der Waals surface area contributed by atoms with Gasteiger partial charge >= 0.3 is 5.97 Å². The number of benzene rings is 1. The molecule has 0 spiro atoms. The Kier molecular flexibility index (Phi) is 3.57. The highest BCUT2D eigenvalue weighted by atomic mass is 16.4. The Labute approximate surface area is 104 Å². The molecule has 2 rings (SSSR count). The molecule has 0 saturated heterocycles. The SMILES string of the molecule is O=C(O)Cc1ccccc1Cn1ccccc1=O. The van der Waals surface area contributed by atoms with Gasteiger partial charge in [0.05, 0.1) is 13.0 Å². The minimum Gasteiger partial charge on any atom is -0.481 e. The van der Waals surface area contributed by atoms with E-state index in [1.807, 2.05) is 12.1 Å². The van der Waals surface area contributed by atoms with E-state index < -0.39 is 5.97 Å². The Balaban J connectivity index is 2.32. The van der Waals surface area contributed by atoms with Crippen LogP contribution in [-0.4, -0.2) is 15.6 Å². The van der Waals surface area contributed by atoms with Gasteiger partial charge in [-0.15, -0.1) is 0 Å². The van der Waals surface area contributed by atoms with E-state index in [4.69, 9.17) is 5.11 Å². The molecule has 18 heavy (non-hydrogen) atoms. The van der Waals surface area contributed by atoms with E-state index >= 15 is 0 Å². The third-order valence-electron chi connectivity index (χ3n) is 2.70. The zero-order chi connectivity index (χ0) is 13.0. The first-order valence-electron chi connectivity index (χ1n) is 5.61. The molecule has 0 aliphatic heterocycles. The van der Waals surface area contributed by atoms with Gasteiger partial charge in [-0.3, -0.25) is 9.59 Å². The minimum atomic E-state index is -0.872. The van der Waals surface area contributed by atoms with Crippen LogP contribution in [0.1, 0.15) is 11.1 Å². The van der Waals surface area contributed by atoms with E-state index in [2.05, 4.69) is 0 Å². The number of rotatable bonds is 4. The largest absolute Gasteiger partial charge is 0.481 e. The molecule has 0 atom stereocenters. The number of nitrogens with zero attached hydrogens (tertiary/aromatic N) is 1. The molecule has 4 heteroatoms. The van der Waals surface area contributed by atoms with E-state index in [9.17, 15) is 9.59 Å². The van der Waals surface area contributed by atoms with E-state index in [1.165, 1.54) is 6.07 Å². The van der Waals surface area contributed by atoms with Crippen molar-refractivity contribution in [3.8, 4) is 0 Å². The molecule has 0 amide bonds. The van der Waals surface area contributed by atoms with Crippen LogP contribution in [0.4, 0.5) is 0 Å². The van der Waals surface area contributed by atoms with Crippen molar-refractivity contribution in [2.45, 2.75) is 13.0 Å². The van der Waals surface area contributed by atoms with Gasteiger partial charge in [-0.05, 0) is 17.2 Å². The second kappa shape index (κ2) is 5.31. The predicted molar refractivity (Wildman–Crippen MR) is 67.6 cm³/mol. The average molecular weight is 243 g/mol. The highest BCUT2D eigenvalue weighted by molar-refractivity contribution is 5.70. The number of carboxylic acids is 1. The third-order valence-corrected chi connectivity index (χ3v) is 2.70. The Morgan fingerprint density at radius 3 is 2.39 bits per heavy atom. The molecule has 0 unspecified atom stereocenters. The molecular formula is C14H13NO3. The molecule has 0 bridgehead atoms. The van der Waals surface area contributed by atoms with Gasteiger partial charge in [0.25, 0.3) is 5.56 Å². The molecule has 0 aliphatic carbocycles. The second-order valence-electron chi connectivity index (χ2n) is 4.01.